The van der Waals surface area contributed by atoms with Crippen LogP contribution in [-0.2, 0) is 10.1 Å². The molecule has 4 heteroatoms. The first-order valence-corrected chi connectivity index (χ1v) is 7.62. The SMILES string of the molecule is CC(C)C.Cc1cccc2cc(S(=O)(=O)O)ccc12. The Hall–Kier alpha value is -1.39. The van der Waals surface area contributed by atoms with Gasteiger partial charge in [-0.1, -0.05) is 45.0 Å². The van der Waals surface area contributed by atoms with Gasteiger partial charge in [0.2, 0.25) is 0 Å². The van der Waals surface area contributed by atoms with Crippen LogP contribution < -0.4 is 0 Å². The van der Waals surface area contributed by atoms with E-state index in [1.807, 2.05) is 25.1 Å². The molecule has 0 heterocycles. The molecule has 19 heavy (non-hydrogen) atoms. The van der Waals surface area contributed by atoms with Crippen molar-refractivity contribution >= 4 is 20.9 Å². The molecule has 0 amide bonds. The minimum absolute atomic E-state index is 0.0689. The fourth-order valence-corrected chi connectivity index (χ4v) is 2.10. The lowest BCUT2D eigenvalue weighted by Gasteiger charge is -2.03. The van der Waals surface area contributed by atoms with Crippen molar-refractivity contribution in [2.24, 2.45) is 5.92 Å². The van der Waals surface area contributed by atoms with Crippen LogP contribution in [0.15, 0.2) is 41.3 Å². The van der Waals surface area contributed by atoms with Gasteiger partial charge < -0.3 is 0 Å². The Morgan fingerprint density at radius 3 is 2.16 bits per heavy atom. The molecule has 0 saturated carbocycles. The number of fused-ring (bicyclic) bond motifs is 1. The van der Waals surface area contributed by atoms with Gasteiger partial charge in [-0.05, 0) is 41.3 Å². The Balaban J connectivity index is 0.000000399. The lowest BCUT2D eigenvalue weighted by atomic mass is 10.1. The number of benzene rings is 2. The Morgan fingerprint density at radius 2 is 1.63 bits per heavy atom. The molecule has 0 aromatic heterocycles. The van der Waals surface area contributed by atoms with Gasteiger partial charge >= 0.3 is 0 Å². The maximum absolute atomic E-state index is 10.9. The standard InChI is InChI=1S/C11H10O3S.C4H10/c1-8-3-2-4-9-7-10(15(12,13)14)5-6-11(8)9;1-4(2)3/h2-7H,1H3,(H,12,13,14);4H,1-3H3. The van der Waals surface area contributed by atoms with E-state index in [1.54, 1.807) is 6.07 Å². The van der Waals surface area contributed by atoms with Crippen LogP contribution in [0.4, 0.5) is 0 Å². The summed E-state index contributed by atoms with van der Waals surface area (Å²) in [7, 11) is -4.11. The number of rotatable bonds is 1. The highest BCUT2D eigenvalue weighted by Crippen LogP contribution is 2.21. The Morgan fingerprint density at radius 1 is 1.05 bits per heavy atom. The third kappa shape index (κ3) is 4.65. The Kier molecular flexibility index (Phi) is 5.09. The van der Waals surface area contributed by atoms with E-state index in [9.17, 15) is 8.42 Å². The van der Waals surface area contributed by atoms with Crippen LogP contribution in [0.3, 0.4) is 0 Å². The highest BCUT2D eigenvalue weighted by Gasteiger charge is 2.09. The van der Waals surface area contributed by atoms with Crippen LogP contribution in [-0.4, -0.2) is 13.0 Å². The van der Waals surface area contributed by atoms with Crippen LogP contribution >= 0.6 is 0 Å². The van der Waals surface area contributed by atoms with Gasteiger partial charge in [-0.2, -0.15) is 8.42 Å². The van der Waals surface area contributed by atoms with Crippen molar-refractivity contribution in [1.82, 2.24) is 0 Å². The molecular formula is C15H20O3S. The number of hydrogen-bond donors (Lipinski definition) is 1. The predicted octanol–water partition coefficient (Wildman–Crippen LogP) is 4.06. The maximum Gasteiger partial charge on any atom is 0.294 e. The van der Waals surface area contributed by atoms with Crippen molar-refractivity contribution in [1.29, 1.82) is 0 Å². The summed E-state index contributed by atoms with van der Waals surface area (Å²) < 4.78 is 30.7. The van der Waals surface area contributed by atoms with Crippen LogP contribution in [0.2, 0.25) is 0 Å². The molecule has 104 valence electrons. The van der Waals surface area contributed by atoms with Gasteiger partial charge in [0.15, 0.2) is 0 Å². The van der Waals surface area contributed by atoms with E-state index < -0.39 is 10.1 Å². The van der Waals surface area contributed by atoms with Gasteiger partial charge in [0.25, 0.3) is 10.1 Å². The molecule has 0 fully saturated rings. The molecular weight excluding hydrogens is 260 g/mol. The summed E-state index contributed by atoms with van der Waals surface area (Å²) in [4.78, 5) is -0.0689. The third-order valence-corrected chi connectivity index (χ3v) is 3.22. The van der Waals surface area contributed by atoms with Crippen molar-refractivity contribution in [3.05, 3.63) is 42.0 Å². The average molecular weight is 280 g/mol. The summed E-state index contributed by atoms with van der Waals surface area (Å²) in [6.45, 7) is 8.45. The maximum atomic E-state index is 10.9. The van der Waals surface area contributed by atoms with Gasteiger partial charge in [0, 0.05) is 0 Å². The van der Waals surface area contributed by atoms with E-state index in [0.29, 0.717) is 0 Å². The highest BCUT2D eigenvalue weighted by atomic mass is 32.2. The first-order chi connectivity index (χ1) is 8.71. The number of hydrogen-bond acceptors (Lipinski definition) is 2. The zero-order chi connectivity index (χ0) is 14.6. The second kappa shape index (κ2) is 6.17. The summed E-state index contributed by atoms with van der Waals surface area (Å²) in [5, 5.41) is 1.80. The second-order valence-electron chi connectivity index (χ2n) is 5.16. The smallest absolute Gasteiger partial charge is 0.282 e. The van der Waals surface area contributed by atoms with Crippen LogP contribution in [0, 0.1) is 12.8 Å². The van der Waals surface area contributed by atoms with E-state index in [2.05, 4.69) is 20.8 Å². The van der Waals surface area contributed by atoms with E-state index in [1.165, 1.54) is 12.1 Å². The van der Waals surface area contributed by atoms with Gasteiger partial charge in [-0.25, -0.2) is 0 Å². The molecule has 0 aliphatic carbocycles. The topological polar surface area (TPSA) is 54.4 Å². The summed E-state index contributed by atoms with van der Waals surface area (Å²) in [6, 6.07) is 10.2. The molecule has 0 aliphatic rings. The molecule has 0 aliphatic heterocycles. The van der Waals surface area contributed by atoms with Crippen LogP contribution in [0.25, 0.3) is 10.8 Å². The van der Waals surface area contributed by atoms with Gasteiger partial charge in [-0.3, -0.25) is 4.55 Å². The van der Waals surface area contributed by atoms with Gasteiger partial charge in [0.05, 0.1) is 4.90 Å². The van der Waals surface area contributed by atoms with E-state index in [-0.39, 0.29) is 4.90 Å². The molecule has 2 aromatic carbocycles. The molecule has 0 spiro atoms. The second-order valence-corrected chi connectivity index (χ2v) is 6.59. The minimum atomic E-state index is -4.11. The van der Waals surface area contributed by atoms with E-state index in [0.717, 1.165) is 22.3 Å². The first kappa shape index (κ1) is 15.7. The molecule has 0 unspecified atom stereocenters. The quantitative estimate of drug-likeness (QED) is 0.801. The van der Waals surface area contributed by atoms with E-state index in [4.69, 9.17) is 4.55 Å². The summed E-state index contributed by atoms with van der Waals surface area (Å²) in [5.41, 5.74) is 1.08. The lowest BCUT2D eigenvalue weighted by Crippen LogP contribution is -1.97. The van der Waals surface area contributed by atoms with Crippen molar-refractivity contribution in [3.8, 4) is 0 Å². The molecule has 1 N–H and O–H groups in total. The Bertz CT molecular complexity index is 655. The Labute approximate surface area is 115 Å². The van der Waals surface area contributed by atoms with Crippen LogP contribution in [0.1, 0.15) is 26.3 Å². The molecule has 0 atom stereocenters. The fourth-order valence-electron chi connectivity index (χ4n) is 1.58. The zero-order valence-electron chi connectivity index (χ0n) is 11.7. The monoisotopic (exact) mass is 280 g/mol. The summed E-state index contributed by atoms with van der Waals surface area (Å²) >= 11 is 0. The average Bonchev–Trinajstić information content (AvgIpc) is 2.27. The molecule has 0 radical (unpaired) electrons. The fraction of sp³-hybridized carbons (Fsp3) is 0.333. The first-order valence-electron chi connectivity index (χ1n) is 6.18. The molecule has 0 saturated heterocycles. The van der Waals surface area contributed by atoms with Crippen molar-refractivity contribution in [2.75, 3.05) is 0 Å². The predicted molar refractivity (Wildman–Crippen MR) is 79.0 cm³/mol. The van der Waals surface area contributed by atoms with E-state index >= 15 is 0 Å². The van der Waals surface area contributed by atoms with Crippen molar-refractivity contribution in [3.63, 3.8) is 0 Å². The molecule has 0 bridgehead atoms. The summed E-state index contributed by atoms with van der Waals surface area (Å²) in [6.07, 6.45) is 0. The van der Waals surface area contributed by atoms with Crippen molar-refractivity contribution in [2.45, 2.75) is 32.6 Å². The molecule has 2 rings (SSSR count). The van der Waals surface area contributed by atoms with Gasteiger partial charge in [0.1, 0.15) is 0 Å². The highest BCUT2D eigenvalue weighted by molar-refractivity contribution is 7.85. The minimum Gasteiger partial charge on any atom is -0.282 e. The molecule has 3 nitrogen and oxygen atoms in total. The molecule has 2 aromatic rings. The van der Waals surface area contributed by atoms with Gasteiger partial charge in [-0.15, -0.1) is 0 Å². The van der Waals surface area contributed by atoms with Crippen molar-refractivity contribution < 1.29 is 13.0 Å². The third-order valence-electron chi connectivity index (χ3n) is 2.37. The normalized spacial score (nSPS) is 11.3. The lowest BCUT2D eigenvalue weighted by molar-refractivity contribution is 0.483. The number of aryl methyl sites for hydroxylation is 1. The van der Waals surface area contributed by atoms with Crippen LogP contribution in [0.5, 0.6) is 0 Å². The summed E-state index contributed by atoms with van der Waals surface area (Å²) in [5.74, 6) is 0.833. The largest absolute Gasteiger partial charge is 0.294 e. The zero-order valence-corrected chi connectivity index (χ0v) is 12.5.